The number of nitrogens with zero attached hydrogens (tertiary/aromatic N) is 1. The minimum absolute atomic E-state index is 0.0308. The van der Waals surface area contributed by atoms with Crippen LogP contribution in [0.1, 0.15) is 42.5 Å². The van der Waals surface area contributed by atoms with Crippen LogP contribution in [-0.2, 0) is 10.0 Å². The average Bonchev–Trinajstić information content (AvgIpc) is 2.71. The smallest absolute Gasteiger partial charge is 0.255 e. The van der Waals surface area contributed by atoms with Crippen LogP contribution in [0.2, 0.25) is 5.02 Å². The molecule has 0 spiro atoms. The number of carbonyl (C=O) groups is 1. The molecule has 0 atom stereocenters. The predicted octanol–water partition coefficient (Wildman–Crippen LogP) is 4.68. The third kappa shape index (κ3) is 4.37. The normalized spacial score (nSPS) is 15.6. The molecule has 5 nitrogen and oxygen atoms in total. The molecule has 0 bridgehead atoms. The van der Waals surface area contributed by atoms with Crippen molar-refractivity contribution in [3.8, 4) is 0 Å². The van der Waals surface area contributed by atoms with Crippen LogP contribution in [0.5, 0.6) is 0 Å². The lowest BCUT2D eigenvalue weighted by Gasteiger charge is -2.30. The first-order valence-electron chi connectivity index (χ1n) is 9.14. The van der Waals surface area contributed by atoms with Gasteiger partial charge in [0.05, 0.1) is 15.6 Å². The maximum atomic E-state index is 14.0. The quantitative estimate of drug-likeness (QED) is 0.757. The Labute approximate surface area is 169 Å². The maximum Gasteiger partial charge on any atom is 0.255 e. The van der Waals surface area contributed by atoms with Gasteiger partial charge in [0.25, 0.3) is 5.91 Å². The number of anilines is 1. The Balaban J connectivity index is 1.83. The van der Waals surface area contributed by atoms with E-state index in [-0.39, 0.29) is 27.2 Å². The van der Waals surface area contributed by atoms with Gasteiger partial charge in [0.2, 0.25) is 10.0 Å². The fraction of sp³-hybridized carbons (Fsp3) is 0.350. The molecule has 1 amide bonds. The van der Waals surface area contributed by atoms with Crippen LogP contribution in [0, 0.1) is 5.82 Å². The molecule has 0 saturated heterocycles. The molecule has 0 unspecified atom stereocenters. The molecule has 1 saturated carbocycles. The van der Waals surface area contributed by atoms with E-state index >= 15 is 0 Å². The molecule has 1 fully saturated rings. The highest BCUT2D eigenvalue weighted by Gasteiger charge is 2.29. The zero-order chi connectivity index (χ0) is 20.3. The van der Waals surface area contributed by atoms with E-state index in [0.717, 1.165) is 32.1 Å². The second-order valence-corrected chi connectivity index (χ2v) is 9.30. The van der Waals surface area contributed by atoms with Gasteiger partial charge in [-0.15, -0.1) is 0 Å². The molecule has 1 aliphatic carbocycles. The molecular weight excluding hydrogens is 403 g/mol. The molecular formula is C20H22ClFN2O3S. The molecule has 8 heteroatoms. The van der Waals surface area contributed by atoms with E-state index in [2.05, 4.69) is 5.32 Å². The molecule has 2 aromatic rings. The van der Waals surface area contributed by atoms with Gasteiger partial charge in [-0.05, 0) is 43.2 Å². The lowest BCUT2D eigenvalue weighted by atomic mass is 9.96. The second kappa shape index (κ2) is 8.59. The van der Waals surface area contributed by atoms with Gasteiger partial charge in [0.15, 0.2) is 5.82 Å². The summed E-state index contributed by atoms with van der Waals surface area (Å²) < 4.78 is 41.4. The van der Waals surface area contributed by atoms with E-state index in [1.807, 2.05) is 0 Å². The van der Waals surface area contributed by atoms with Gasteiger partial charge in [-0.1, -0.05) is 43.0 Å². The van der Waals surface area contributed by atoms with Gasteiger partial charge < -0.3 is 5.32 Å². The van der Waals surface area contributed by atoms with Gasteiger partial charge in [-0.3, -0.25) is 4.79 Å². The minimum atomic E-state index is -3.72. The summed E-state index contributed by atoms with van der Waals surface area (Å²) in [5.74, 6) is -1.35. The molecule has 0 radical (unpaired) electrons. The Morgan fingerprint density at radius 1 is 1.14 bits per heavy atom. The van der Waals surface area contributed by atoms with Crippen molar-refractivity contribution in [3.05, 3.63) is 58.9 Å². The van der Waals surface area contributed by atoms with E-state index in [9.17, 15) is 17.6 Å². The molecule has 1 N–H and O–H groups in total. The Morgan fingerprint density at radius 2 is 1.82 bits per heavy atom. The number of hydrogen-bond acceptors (Lipinski definition) is 3. The van der Waals surface area contributed by atoms with E-state index < -0.39 is 21.7 Å². The summed E-state index contributed by atoms with van der Waals surface area (Å²) in [7, 11) is -2.14. The highest BCUT2D eigenvalue weighted by molar-refractivity contribution is 7.89. The highest BCUT2D eigenvalue weighted by Crippen LogP contribution is 2.27. The Bertz CT molecular complexity index is 975. The average molecular weight is 425 g/mol. The lowest BCUT2D eigenvalue weighted by molar-refractivity contribution is 0.102. The summed E-state index contributed by atoms with van der Waals surface area (Å²) in [6.45, 7) is 0. The first-order valence-corrected chi connectivity index (χ1v) is 11.0. The van der Waals surface area contributed by atoms with Crippen LogP contribution in [0.3, 0.4) is 0 Å². The molecule has 0 aliphatic heterocycles. The molecule has 1 aliphatic rings. The van der Waals surface area contributed by atoms with Crippen molar-refractivity contribution in [2.24, 2.45) is 0 Å². The van der Waals surface area contributed by atoms with Gasteiger partial charge in [0.1, 0.15) is 0 Å². The highest BCUT2D eigenvalue weighted by atomic mass is 35.5. The van der Waals surface area contributed by atoms with E-state index in [0.29, 0.717) is 0 Å². The molecule has 150 valence electrons. The molecule has 0 aromatic heterocycles. The van der Waals surface area contributed by atoms with Crippen LogP contribution >= 0.6 is 11.6 Å². The number of amides is 1. The van der Waals surface area contributed by atoms with Crippen LogP contribution in [0.4, 0.5) is 10.1 Å². The Hall–Kier alpha value is -1.96. The summed E-state index contributed by atoms with van der Waals surface area (Å²) in [6, 6.07) is 10.0. The number of carbonyl (C=O) groups excluding carboxylic acids is 1. The number of nitrogens with one attached hydrogen (secondary N) is 1. The monoisotopic (exact) mass is 424 g/mol. The number of hydrogen-bond donors (Lipinski definition) is 1. The summed E-state index contributed by atoms with van der Waals surface area (Å²) in [4.78, 5) is 12.5. The topological polar surface area (TPSA) is 66.5 Å². The van der Waals surface area contributed by atoms with Crippen molar-refractivity contribution in [1.82, 2.24) is 4.31 Å². The fourth-order valence-electron chi connectivity index (χ4n) is 3.40. The number of sulfonamides is 1. The lowest BCUT2D eigenvalue weighted by Crippen LogP contribution is -2.38. The molecule has 2 aromatic carbocycles. The first-order chi connectivity index (χ1) is 13.3. The molecule has 28 heavy (non-hydrogen) atoms. The summed E-state index contributed by atoms with van der Waals surface area (Å²) in [5.41, 5.74) is 0.0579. The minimum Gasteiger partial charge on any atom is -0.319 e. The summed E-state index contributed by atoms with van der Waals surface area (Å²) >= 11 is 5.73. The van der Waals surface area contributed by atoms with Crippen LogP contribution < -0.4 is 5.32 Å². The van der Waals surface area contributed by atoms with Crippen molar-refractivity contribution < 1.29 is 17.6 Å². The van der Waals surface area contributed by atoms with Crippen LogP contribution in [0.25, 0.3) is 0 Å². The van der Waals surface area contributed by atoms with Crippen LogP contribution in [0.15, 0.2) is 47.4 Å². The standard InChI is InChI=1S/C20H22ClFN2O3S/c1-24(15-8-3-2-4-9-15)28(26,27)16-10-5-7-14(13-16)20(25)23-18-12-6-11-17(21)19(18)22/h5-7,10-13,15H,2-4,8-9H2,1H3,(H,23,25). The number of halogens is 2. The molecule has 0 heterocycles. The zero-order valence-corrected chi connectivity index (χ0v) is 17.1. The Morgan fingerprint density at radius 3 is 2.54 bits per heavy atom. The zero-order valence-electron chi connectivity index (χ0n) is 15.5. The van der Waals surface area contributed by atoms with Crippen molar-refractivity contribution in [1.29, 1.82) is 0 Å². The number of benzene rings is 2. The van der Waals surface area contributed by atoms with Gasteiger partial charge >= 0.3 is 0 Å². The largest absolute Gasteiger partial charge is 0.319 e. The van der Waals surface area contributed by atoms with E-state index in [1.165, 1.54) is 46.8 Å². The fourth-order valence-corrected chi connectivity index (χ4v) is 5.04. The van der Waals surface area contributed by atoms with Crippen molar-refractivity contribution in [2.75, 3.05) is 12.4 Å². The van der Waals surface area contributed by atoms with Gasteiger partial charge in [0, 0.05) is 18.7 Å². The van der Waals surface area contributed by atoms with Crippen molar-refractivity contribution in [3.63, 3.8) is 0 Å². The predicted molar refractivity (Wildman–Crippen MR) is 108 cm³/mol. The van der Waals surface area contributed by atoms with Gasteiger partial charge in [-0.2, -0.15) is 4.31 Å². The van der Waals surface area contributed by atoms with Crippen molar-refractivity contribution >= 4 is 33.2 Å². The number of rotatable bonds is 5. The first kappa shape index (κ1) is 20.8. The van der Waals surface area contributed by atoms with Crippen LogP contribution in [-0.4, -0.2) is 31.7 Å². The maximum absolute atomic E-state index is 14.0. The summed E-state index contributed by atoms with van der Waals surface area (Å²) in [5, 5.41) is 2.32. The van der Waals surface area contributed by atoms with E-state index in [4.69, 9.17) is 11.6 Å². The second-order valence-electron chi connectivity index (χ2n) is 6.90. The molecule has 3 rings (SSSR count). The van der Waals surface area contributed by atoms with Gasteiger partial charge in [-0.25, -0.2) is 12.8 Å². The SMILES string of the molecule is CN(C1CCCCC1)S(=O)(=O)c1cccc(C(=O)Nc2cccc(Cl)c2F)c1. The summed E-state index contributed by atoms with van der Waals surface area (Å²) in [6.07, 6.45) is 4.82. The Kier molecular flexibility index (Phi) is 6.37. The third-order valence-electron chi connectivity index (χ3n) is 5.06. The van der Waals surface area contributed by atoms with Crippen molar-refractivity contribution in [2.45, 2.75) is 43.0 Å². The third-order valence-corrected chi connectivity index (χ3v) is 7.26. The van der Waals surface area contributed by atoms with E-state index in [1.54, 1.807) is 7.05 Å².